The quantitative estimate of drug-likeness (QED) is 0.754. The number of Topliss-reactive ketones (excluding diaryl/α,β-unsaturated/α-hetero) is 1. The molecular formula is C9H7F3O3S. The van der Waals surface area contributed by atoms with Gasteiger partial charge in [0.2, 0.25) is 0 Å². The van der Waals surface area contributed by atoms with E-state index in [0.29, 0.717) is 6.07 Å². The van der Waals surface area contributed by atoms with Gasteiger partial charge in [0.1, 0.15) is 0 Å². The SMILES string of the molecule is CS(=O)(=O)c1cccc(C(=O)C(F)(F)F)c1. The molecule has 0 bridgehead atoms. The standard InChI is InChI=1S/C9H7F3O3S/c1-16(14,15)7-4-2-3-6(5-7)8(13)9(10,11)12/h2-5H,1H3. The predicted octanol–water partition coefficient (Wildman–Crippen LogP) is 1.84. The van der Waals surface area contributed by atoms with Crippen LogP contribution in [0.1, 0.15) is 10.4 Å². The van der Waals surface area contributed by atoms with Crippen LogP contribution in [0.15, 0.2) is 29.2 Å². The summed E-state index contributed by atoms with van der Waals surface area (Å²) < 4.78 is 58.3. The van der Waals surface area contributed by atoms with Crippen molar-refractivity contribution in [3.63, 3.8) is 0 Å². The fourth-order valence-corrected chi connectivity index (χ4v) is 1.70. The monoisotopic (exact) mass is 252 g/mol. The first kappa shape index (κ1) is 12.7. The second kappa shape index (κ2) is 3.89. The topological polar surface area (TPSA) is 51.2 Å². The minimum Gasteiger partial charge on any atom is -0.284 e. The lowest BCUT2D eigenvalue weighted by Gasteiger charge is -2.06. The minimum atomic E-state index is -5.00. The molecule has 0 atom stereocenters. The van der Waals surface area contributed by atoms with Crippen LogP contribution in [0.4, 0.5) is 13.2 Å². The molecule has 88 valence electrons. The summed E-state index contributed by atoms with van der Waals surface area (Å²) in [7, 11) is -3.62. The summed E-state index contributed by atoms with van der Waals surface area (Å²) in [4.78, 5) is 10.5. The molecule has 0 spiro atoms. The number of alkyl halides is 3. The molecule has 16 heavy (non-hydrogen) atoms. The number of sulfone groups is 1. The van der Waals surface area contributed by atoms with E-state index < -0.39 is 27.4 Å². The van der Waals surface area contributed by atoms with E-state index in [9.17, 15) is 26.4 Å². The first-order chi connectivity index (χ1) is 7.12. The Morgan fingerprint density at radius 3 is 2.25 bits per heavy atom. The Kier molecular flexibility index (Phi) is 3.09. The van der Waals surface area contributed by atoms with Gasteiger partial charge in [0, 0.05) is 11.8 Å². The second-order valence-corrected chi connectivity index (χ2v) is 5.14. The highest BCUT2D eigenvalue weighted by atomic mass is 32.2. The summed E-state index contributed by atoms with van der Waals surface area (Å²) in [6, 6.07) is 3.85. The first-order valence-corrected chi connectivity index (χ1v) is 5.93. The fraction of sp³-hybridized carbons (Fsp3) is 0.222. The number of carbonyl (C=O) groups is 1. The molecule has 0 unspecified atom stereocenters. The molecule has 0 aliphatic carbocycles. The molecule has 0 heterocycles. The molecular weight excluding hydrogens is 245 g/mol. The van der Waals surface area contributed by atoms with Crippen molar-refractivity contribution in [3.05, 3.63) is 29.8 Å². The molecule has 0 aromatic heterocycles. The van der Waals surface area contributed by atoms with Crippen molar-refractivity contribution in [1.82, 2.24) is 0 Å². The number of hydrogen-bond donors (Lipinski definition) is 0. The maximum atomic E-state index is 12.1. The molecule has 0 fully saturated rings. The summed E-state index contributed by atoms with van der Waals surface area (Å²) >= 11 is 0. The zero-order valence-corrected chi connectivity index (χ0v) is 8.89. The molecule has 0 aliphatic heterocycles. The maximum Gasteiger partial charge on any atom is 0.454 e. The van der Waals surface area contributed by atoms with E-state index >= 15 is 0 Å². The predicted molar refractivity (Wildman–Crippen MR) is 49.9 cm³/mol. The van der Waals surface area contributed by atoms with Crippen LogP contribution in [-0.2, 0) is 9.84 Å². The summed E-state index contributed by atoms with van der Waals surface area (Å²) in [6.07, 6.45) is -4.15. The van der Waals surface area contributed by atoms with Gasteiger partial charge in [-0.25, -0.2) is 8.42 Å². The van der Waals surface area contributed by atoms with Gasteiger partial charge in [-0.3, -0.25) is 4.79 Å². The molecule has 0 amide bonds. The van der Waals surface area contributed by atoms with Crippen LogP contribution in [-0.4, -0.2) is 26.6 Å². The molecule has 1 aromatic carbocycles. The lowest BCUT2D eigenvalue weighted by molar-refractivity contribution is -0.0885. The van der Waals surface area contributed by atoms with E-state index in [1.165, 1.54) is 0 Å². The minimum absolute atomic E-state index is 0.317. The number of hydrogen-bond acceptors (Lipinski definition) is 3. The van der Waals surface area contributed by atoms with E-state index in [-0.39, 0.29) is 4.90 Å². The highest BCUT2D eigenvalue weighted by Gasteiger charge is 2.39. The molecule has 0 N–H and O–H groups in total. The summed E-state index contributed by atoms with van der Waals surface area (Å²) in [6.45, 7) is 0. The Bertz CT molecular complexity index is 517. The molecule has 0 aliphatic rings. The first-order valence-electron chi connectivity index (χ1n) is 4.04. The average Bonchev–Trinajstić information content (AvgIpc) is 2.14. The number of rotatable bonds is 2. The van der Waals surface area contributed by atoms with Crippen LogP contribution in [0, 0.1) is 0 Å². The van der Waals surface area contributed by atoms with Crippen LogP contribution < -0.4 is 0 Å². The van der Waals surface area contributed by atoms with Gasteiger partial charge in [-0.15, -0.1) is 0 Å². The largest absolute Gasteiger partial charge is 0.454 e. The van der Waals surface area contributed by atoms with Gasteiger partial charge < -0.3 is 0 Å². The van der Waals surface area contributed by atoms with Gasteiger partial charge in [-0.05, 0) is 12.1 Å². The summed E-state index contributed by atoms with van der Waals surface area (Å²) in [5.41, 5.74) is -0.685. The van der Waals surface area contributed by atoms with Crippen molar-refractivity contribution in [2.45, 2.75) is 11.1 Å². The van der Waals surface area contributed by atoms with E-state index in [4.69, 9.17) is 0 Å². The van der Waals surface area contributed by atoms with Gasteiger partial charge in [-0.2, -0.15) is 13.2 Å². The smallest absolute Gasteiger partial charge is 0.284 e. The van der Waals surface area contributed by atoms with Gasteiger partial charge >= 0.3 is 6.18 Å². The van der Waals surface area contributed by atoms with Crippen molar-refractivity contribution in [2.75, 3.05) is 6.26 Å². The van der Waals surface area contributed by atoms with Gasteiger partial charge in [0.25, 0.3) is 5.78 Å². The lowest BCUT2D eigenvalue weighted by atomic mass is 10.1. The Morgan fingerprint density at radius 1 is 1.25 bits per heavy atom. The summed E-state index contributed by atoms with van der Waals surface area (Å²) in [5.74, 6) is -2.06. The van der Waals surface area contributed by atoms with Gasteiger partial charge in [0.05, 0.1) is 4.90 Å². The third kappa shape index (κ3) is 2.82. The van der Waals surface area contributed by atoms with E-state index in [1.807, 2.05) is 0 Å². The highest BCUT2D eigenvalue weighted by Crippen LogP contribution is 2.22. The zero-order chi connectivity index (χ0) is 12.6. The second-order valence-electron chi connectivity index (χ2n) is 3.13. The maximum absolute atomic E-state index is 12.1. The molecule has 0 radical (unpaired) electrons. The van der Waals surface area contributed by atoms with Crippen LogP contribution in [0.3, 0.4) is 0 Å². The van der Waals surface area contributed by atoms with Crippen molar-refractivity contribution in [2.24, 2.45) is 0 Å². The van der Waals surface area contributed by atoms with E-state index in [0.717, 1.165) is 24.5 Å². The lowest BCUT2D eigenvalue weighted by Crippen LogP contribution is -2.22. The number of benzene rings is 1. The number of ketones is 1. The average molecular weight is 252 g/mol. The number of halogens is 3. The molecule has 1 aromatic rings. The molecule has 3 nitrogen and oxygen atoms in total. The fourth-order valence-electron chi connectivity index (χ4n) is 1.03. The van der Waals surface area contributed by atoms with Crippen LogP contribution in [0.5, 0.6) is 0 Å². The number of carbonyl (C=O) groups excluding carboxylic acids is 1. The highest BCUT2D eigenvalue weighted by molar-refractivity contribution is 7.90. The van der Waals surface area contributed by atoms with Crippen LogP contribution in [0.2, 0.25) is 0 Å². The van der Waals surface area contributed by atoms with Crippen LogP contribution >= 0.6 is 0 Å². The third-order valence-corrected chi connectivity index (χ3v) is 2.89. The molecule has 1 rings (SSSR count). The molecule has 7 heteroatoms. The molecule has 0 saturated carbocycles. The normalized spacial score (nSPS) is 12.5. The van der Waals surface area contributed by atoms with Crippen LogP contribution in [0.25, 0.3) is 0 Å². The Balaban J connectivity index is 3.25. The van der Waals surface area contributed by atoms with Crippen molar-refractivity contribution in [1.29, 1.82) is 0 Å². The van der Waals surface area contributed by atoms with Crippen molar-refractivity contribution >= 4 is 15.6 Å². The van der Waals surface area contributed by atoms with Gasteiger partial charge in [-0.1, -0.05) is 12.1 Å². The van der Waals surface area contributed by atoms with Gasteiger partial charge in [0.15, 0.2) is 9.84 Å². The Morgan fingerprint density at radius 2 is 1.81 bits per heavy atom. The van der Waals surface area contributed by atoms with E-state index in [1.54, 1.807) is 0 Å². The van der Waals surface area contributed by atoms with Crippen molar-refractivity contribution < 1.29 is 26.4 Å². The third-order valence-electron chi connectivity index (χ3n) is 1.78. The Hall–Kier alpha value is -1.37. The van der Waals surface area contributed by atoms with Crippen molar-refractivity contribution in [3.8, 4) is 0 Å². The summed E-state index contributed by atoms with van der Waals surface area (Å²) in [5, 5.41) is 0. The zero-order valence-electron chi connectivity index (χ0n) is 8.08. The Labute approximate surface area is 89.8 Å². The molecule has 0 saturated heterocycles. The van der Waals surface area contributed by atoms with E-state index in [2.05, 4.69) is 0 Å².